The average molecular weight is 165 g/mol. The van der Waals surface area contributed by atoms with Crippen LogP contribution >= 0.6 is 0 Å². The van der Waals surface area contributed by atoms with Crippen LogP contribution in [0.5, 0.6) is 0 Å². The Bertz CT molecular complexity index is 260. The van der Waals surface area contributed by atoms with Crippen molar-refractivity contribution in [1.82, 2.24) is 10.2 Å². The standard InChI is InChI=1S/C9H15N3/c1-6(10)8-5-9(12-11-8)7-3-2-4-7/h5-7H,2-4,10H2,1H3,(H,11,12). The summed E-state index contributed by atoms with van der Waals surface area (Å²) in [6.07, 6.45) is 3.97. The maximum absolute atomic E-state index is 5.70. The van der Waals surface area contributed by atoms with Gasteiger partial charge in [0.2, 0.25) is 0 Å². The van der Waals surface area contributed by atoms with Crippen LogP contribution in [0, 0.1) is 0 Å². The van der Waals surface area contributed by atoms with Crippen LogP contribution in [-0.2, 0) is 0 Å². The van der Waals surface area contributed by atoms with E-state index in [1.54, 1.807) is 0 Å². The predicted octanol–water partition coefficient (Wildman–Crippen LogP) is 1.70. The van der Waals surface area contributed by atoms with E-state index in [0.717, 1.165) is 11.6 Å². The number of hydrogen-bond donors (Lipinski definition) is 2. The lowest BCUT2D eigenvalue weighted by atomic mass is 9.83. The molecule has 3 nitrogen and oxygen atoms in total. The van der Waals surface area contributed by atoms with Crippen molar-refractivity contribution in [3.05, 3.63) is 17.5 Å². The lowest BCUT2D eigenvalue weighted by Gasteiger charge is -2.23. The first-order chi connectivity index (χ1) is 5.77. The second-order valence-electron chi connectivity index (χ2n) is 3.66. The summed E-state index contributed by atoms with van der Waals surface area (Å²) in [5, 5.41) is 7.23. The molecule has 1 aromatic heterocycles. The van der Waals surface area contributed by atoms with Crippen LogP contribution in [-0.4, -0.2) is 10.2 Å². The van der Waals surface area contributed by atoms with E-state index in [1.807, 2.05) is 6.92 Å². The zero-order chi connectivity index (χ0) is 8.55. The molecule has 0 aromatic carbocycles. The summed E-state index contributed by atoms with van der Waals surface area (Å²) in [6, 6.07) is 2.16. The van der Waals surface area contributed by atoms with Crippen molar-refractivity contribution >= 4 is 0 Å². The van der Waals surface area contributed by atoms with Gasteiger partial charge in [0, 0.05) is 17.7 Å². The second-order valence-corrected chi connectivity index (χ2v) is 3.66. The van der Waals surface area contributed by atoms with Crippen molar-refractivity contribution in [2.45, 2.75) is 38.1 Å². The van der Waals surface area contributed by atoms with Crippen LogP contribution in [0.15, 0.2) is 6.07 Å². The lowest BCUT2D eigenvalue weighted by Crippen LogP contribution is -2.08. The van der Waals surface area contributed by atoms with Crippen molar-refractivity contribution in [2.75, 3.05) is 0 Å². The smallest absolute Gasteiger partial charge is 0.0789 e. The van der Waals surface area contributed by atoms with E-state index in [-0.39, 0.29) is 6.04 Å². The van der Waals surface area contributed by atoms with Crippen LogP contribution < -0.4 is 5.73 Å². The third-order valence-corrected chi connectivity index (χ3v) is 2.63. The van der Waals surface area contributed by atoms with Gasteiger partial charge >= 0.3 is 0 Å². The number of hydrogen-bond acceptors (Lipinski definition) is 2. The Balaban J connectivity index is 2.12. The van der Waals surface area contributed by atoms with E-state index in [4.69, 9.17) is 5.73 Å². The van der Waals surface area contributed by atoms with E-state index in [0.29, 0.717) is 0 Å². The van der Waals surface area contributed by atoms with Crippen molar-refractivity contribution in [1.29, 1.82) is 0 Å². The molecule has 1 aliphatic rings. The highest BCUT2D eigenvalue weighted by atomic mass is 15.1. The number of nitrogens with two attached hydrogens (primary N) is 1. The molecule has 2 rings (SSSR count). The summed E-state index contributed by atoms with van der Waals surface area (Å²) >= 11 is 0. The summed E-state index contributed by atoms with van der Waals surface area (Å²) in [6.45, 7) is 1.96. The molecule has 0 saturated heterocycles. The Morgan fingerprint density at radius 1 is 1.67 bits per heavy atom. The molecule has 1 fully saturated rings. The molecule has 1 unspecified atom stereocenters. The van der Waals surface area contributed by atoms with E-state index in [2.05, 4.69) is 16.3 Å². The van der Waals surface area contributed by atoms with Crippen molar-refractivity contribution in [3.63, 3.8) is 0 Å². The van der Waals surface area contributed by atoms with Gasteiger partial charge in [-0.05, 0) is 25.8 Å². The SMILES string of the molecule is CC(N)c1cc(C2CCC2)[nH]n1. The topological polar surface area (TPSA) is 54.7 Å². The van der Waals surface area contributed by atoms with Gasteiger partial charge in [0.05, 0.1) is 5.69 Å². The molecule has 3 N–H and O–H groups in total. The van der Waals surface area contributed by atoms with E-state index in [9.17, 15) is 0 Å². The molecule has 1 atom stereocenters. The normalized spacial score (nSPS) is 20.5. The van der Waals surface area contributed by atoms with Gasteiger partial charge in [-0.3, -0.25) is 5.10 Å². The highest BCUT2D eigenvalue weighted by Crippen LogP contribution is 2.35. The Morgan fingerprint density at radius 2 is 2.42 bits per heavy atom. The van der Waals surface area contributed by atoms with Crippen LogP contribution in [0.25, 0.3) is 0 Å². The third kappa shape index (κ3) is 1.25. The first kappa shape index (κ1) is 7.80. The number of aromatic nitrogens is 2. The van der Waals surface area contributed by atoms with Gasteiger partial charge in [-0.25, -0.2) is 0 Å². The van der Waals surface area contributed by atoms with Crippen molar-refractivity contribution < 1.29 is 0 Å². The lowest BCUT2D eigenvalue weighted by molar-refractivity contribution is 0.410. The third-order valence-electron chi connectivity index (χ3n) is 2.63. The molecule has 0 amide bonds. The quantitative estimate of drug-likeness (QED) is 0.700. The average Bonchev–Trinajstić information content (AvgIpc) is 2.32. The summed E-state index contributed by atoms with van der Waals surface area (Å²) in [5.74, 6) is 0.727. The molecule has 3 heteroatoms. The minimum atomic E-state index is 0.0510. The number of rotatable bonds is 2. The number of nitrogens with one attached hydrogen (secondary N) is 1. The van der Waals surface area contributed by atoms with Gasteiger partial charge in [-0.2, -0.15) is 5.10 Å². The highest BCUT2D eigenvalue weighted by Gasteiger charge is 2.21. The summed E-state index contributed by atoms with van der Waals surface area (Å²) in [7, 11) is 0. The van der Waals surface area contributed by atoms with Crippen molar-refractivity contribution in [3.8, 4) is 0 Å². The van der Waals surface area contributed by atoms with Gasteiger partial charge in [0.25, 0.3) is 0 Å². The number of H-pyrrole nitrogens is 1. The van der Waals surface area contributed by atoms with Crippen LogP contribution in [0.1, 0.15) is 49.5 Å². The predicted molar refractivity (Wildman–Crippen MR) is 47.8 cm³/mol. The maximum atomic E-state index is 5.70. The molecule has 1 aromatic rings. The first-order valence-electron chi connectivity index (χ1n) is 4.58. The Morgan fingerprint density at radius 3 is 2.83 bits per heavy atom. The number of nitrogens with zero attached hydrogens (tertiary/aromatic N) is 1. The molecule has 0 aliphatic heterocycles. The van der Waals surface area contributed by atoms with Gasteiger partial charge in [-0.1, -0.05) is 6.42 Å². The molecule has 66 valence electrons. The second kappa shape index (κ2) is 2.90. The monoisotopic (exact) mass is 165 g/mol. The molecule has 1 saturated carbocycles. The summed E-state index contributed by atoms with van der Waals surface area (Å²) in [5.41, 5.74) is 7.96. The fraction of sp³-hybridized carbons (Fsp3) is 0.667. The summed E-state index contributed by atoms with van der Waals surface area (Å²) in [4.78, 5) is 0. The van der Waals surface area contributed by atoms with Crippen LogP contribution in [0.2, 0.25) is 0 Å². The molecule has 0 spiro atoms. The zero-order valence-corrected chi connectivity index (χ0v) is 7.38. The van der Waals surface area contributed by atoms with E-state index >= 15 is 0 Å². The van der Waals surface area contributed by atoms with Gasteiger partial charge < -0.3 is 5.73 Å². The highest BCUT2D eigenvalue weighted by molar-refractivity contribution is 5.16. The molecule has 1 heterocycles. The molecule has 0 radical (unpaired) electrons. The van der Waals surface area contributed by atoms with Gasteiger partial charge in [-0.15, -0.1) is 0 Å². The van der Waals surface area contributed by atoms with Crippen molar-refractivity contribution in [2.24, 2.45) is 5.73 Å². The Labute approximate surface area is 72.4 Å². The largest absolute Gasteiger partial charge is 0.323 e. The minimum Gasteiger partial charge on any atom is -0.323 e. The minimum absolute atomic E-state index is 0.0510. The zero-order valence-electron chi connectivity index (χ0n) is 7.38. The fourth-order valence-corrected chi connectivity index (χ4v) is 1.51. The molecule has 12 heavy (non-hydrogen) atoms. The Kier molecular flexibility index (Phi) is 1.89. The maximum Gasteiger partial charge on any atom is 0.0789 e. The molecule has 0 bridgehead atoms. The molecular formula is C9H15N3. The molecular weight excluding hydrogens is 150 g/mol. The van der Waals surface area contributed by atoms with E-state index < -0.39 is 0 Å². The molecule has 1 aliphatic carbocycles. The van der Waals surface area contributed by atoms with Gasteiger partial charge in [0.15, 0.2) is 0 Å². The van der Waals surface area contributed by atoms with E-state index in [1.165, 1.54) is 25.0 Å². The number of aromatic amines is 1. The fourth-order valence-electron chi connectivity index (χ4n) is 1.51. The summed E-state index contributed by atoms with van der Waals surface area (Å²) < 4.78 is 0. The van der Waals surface area contributed by atoms with Crippen LogP contribution in [0.3, 0.4) is 0 Å². The van der Waals surface area contributed by atoms with Gasteiger partial charge in [0.1, 0.15) is 0 Å². The first-order valence-corrected chi connectivity index (χ1v) is 4.58. The Hall–Kier alpha value is -0.830. The van der Waals surface area contributed by atoms with Crippen LogP contribution in [0.4, 0.5) is 0 Å².